The molecule has 1 aromatic heterocycles. The Balaban J connectivity index is 1.68. The number of nitrogens with zero attached hydrogens (tertiary/aromatic N) is 1. The average molecular weight is 332 g/mol. The Bertz CT molecular complexity index is 630. The first-order chi connectivity index (χ1) is 9.75. The molecule has 0 saturated heterocycles. The Morgan fingerprint density at radius 3 is 2.95 bits per heavy atom. The zero-order chi connectivity index (χ0) is 13.9. The number of carbonyl (C=O) groups excluding carboxylic acids is 1. The van der Waals surface area contributed by atoms with E-state index >= 15 is 0 Å². The van der Waals surface area contributed by atoms with Gasteiger partial charge < -0.3 is 10.6 Å². The normalized spacial score (nSPS) is 16.9. The Hall–Kier alpha value is -1.72. The second-order valence-electron chi connectivity index (χ2n) is 4.65. The summed E-state index contributed by atoms with van der Waals surface area (Å²) in [6.45, 7) is 0.704. The summed E-state index contributed by atoms with van der Waals surface area (Å²) in [5.74, 6) is -0.00655. The fourth-order valence-electron chi connectivity index (χ4n) is 2.36. The van der Waals surface area contributed by atoms with E-state index in [9.17, 15) is 4.79 Å². The van der Waals surface area contributed by atoms with Crippen LogP contribution in [0.25, 0.3) is 0 Å². The first-order valence-corrected chi connectivity index (χ1v) is 7.27. The second-order valence-corrected chi connectivity index (χ2v) is 5.50. The van der Waals surface area contributed by atoms with E-state index in [0.717, 1.165) is 27.8 Å². The van der Waals surface area contributed by atoms with E-state index in [1.165, 1.54) is 0 Å². The molecular weight excluding hydrogens is 318 g/mol. The third kappa shape index (κ3) is 2.59. The topological polar surface area (TPSA) is 54.0 Å². The Kier molecular flexibility index (Phi) is 3.80. The molecule has 1 atom stereocenters. The van der Waals surface area contributed by atoms with Crippen LogP contribution in [0.1, 0.15) is 17.3 Å². The summed E-state index contributed by atoms with van der Waals surface area (Å²) in [6, 6.07) is 11.3. The van der Waals surface area contributed by atoms with E-state index in [1.807, 2.05) is 36.4 Å². The highest BCUT2D eigenvalue weighted by atomic mass is 79.9. The molecule has 102 valence electrons. The molecular formula is C15H14BrN3O. The largest absolute Gasteiger partial charge is 0.324 e. The Labute approximate surface area is 125 Å². The number of rotatable bonds is 4. The maximum Gasteiger partial charge on any atom is 0.246 e. The van der Waals surface area contributed by atoms with Crippen LogP contribution in [0, 0.1) is 0 Å². The molecule has 0 spiro atoms. The smallest absolute Gasteiger partial charge is 0.246 e. The van der Waals surface area contributed by atoms with E-state index < -0.39 is 0 Å². The molecule has 1 unspecified atom stereocenters. The van der Waals surface area contributed by atoms with Gasteiger partial charge in [0, 0.05) is 40.6 Å². The number of fused-ring (bicyclic) bond motifs is 1. The molecule has 2 N–H and O–H groups in total. The van der Waals surface area contributed by atoms with Crippen molar-refractivity contribution in [2.75, 3.05) is 11.9 Å². The van der Waals surface area contributed by atoms with Crippen molar-refractivity contribution >= 4 is 27.5 Å². The second kappa shape index (κ2) is 5.73. The van der Waals surface area contributed by atoms with Gasteiger partial charge in [0.1, 0.15) is 6.04 Å². The standard InChI is InChI=1S/C15H14BrN3O/c16-11-5-3-6-12-13(11)14(15(20)19-12)18-9-7-10-4-1-2-8-17-10/h1-6,8,14,18H,7,9H2,(H,19,20). The van der Waals surface area contributed by atoms with Crippen molar-refractivity contribution in [1.29, 1.82) is 0 Å². The van der Waals surface area contributed by atoms with E-state index in [1.54, 1.807) is 6.20 Å². The maximum atomic E-state index is 12.0. The van der Waals surface area contributed by atoms with E-state index in [4.69, 9.17) is 0 Å². The van der Waals surface area contributed by atoms with E-state index in [0.29, 0.717) is 6.54 Å². The summed E-state index contributed by atoms with van der Waals surface area (Å²) in [5.41, 5.74) is 2.88. The fourth-order valence-corrected chi connectivity index (χ4v) is 2.96. The number of pyridine rings is 1. The molecule has 1 aromatic carbocycles. The number of halogens is 1. The third-order valence-corrected chi connectivity index (χ3v) is 4.01. The number of aromatic nitrogens is 1. The summed E-state index contributed by atoms with van der Waals surface area (Å²) in [5, 5.41) is 6.18. The molecule has 1 aliphatic rings. The molecule has 0 saturated carbocycles. The van der Waals surface area contributed by atoms with Crippen LogP contribution in [0.2, 0.25) is 0 Å². The van der Waals surface area contributed by atoms with Crippen LogP contribution in [0.4, 0.5) is 5.69 Å². The number of anilines is 1. The quantitative estimate of drug-likeness (QED) is 0.905. The monoisotopic (exact) mass is 331 g/mol. The van der Waals surface area contributed by atoms with Crippen LogP contribution in [0.3, 0.4) is 0 Å². The highest BCUT2D eigenvalue weighted by Crippen LogP contribution is 2.36. The number of benzene rings is 1. The lowest BCUT2D eigenvalue weighted by atomic mass is 10.1. The Morgan fingerprint density at radius 2 is 2.15 bits per heavy atom. The molecule has 3 rings (SSSR count). The minimum absolute atomic E-state index is 0.00655. The number of amides is 1. The van der Waals surface area contributed by atoms with Crippen molar-refractivity contribution in [2.45, 2.75) is 12.5 Å². The summed E-state index contributed by atoms with van der Waals surface area (Å²) in [7, 11) is 0. The first-order valence-electron chi connectivity index (χ1n) is 6.48. The van der Waals surface area contributed by atoms with Gasteiger partial charge in [-0.3, -0.25) is 9.78 Å². The lowest BCUT2D eigenvalue weighted by Gasteiger charge is -2.12. The van der Waals surface area contributed by atoms with Crippen LogP contribution >= 0.6 is 15.9 Å². The van der Waals surface area contributed by atoms with Gasteiger partial charge in [0.2, 0.25) is 5.91 Å². The highest BCUT2D eigenvalue weighted by molar-refractivity contribution is 9.10. The van der Waals surface area contributed by atoms with Gasteiger partial charge in [0.25, 0.3) is 0 Å². The van der Waals surface area contributed by atoms with Crippen LogP contribution in [-0.4, -0.2) is 17.4 Å². The lowest BCUT2D eigenvalue weighted by Crippen LogP contribution is -2.29. The minimum atomic E-state index is -0.302. The summed E-state index contributed by atoms with van der Waals surface area (Å²) >= 11 is 3.51. The van der Waals surface area contributed by atoms with E-state index in [-0.39, 0.29) is 11.9 Å². The van der Waals surface area contributed by atoms with Crippen molar-refractivity contribution in [1.82, 2.24) is 10.3 Å². The molecule has 2 heterocycles. The molecule has 0 fully saturated rings. The molecule has 0 bridgehead atoms. The summed E-state index contributed by atoms with van der Waals surface area (Å²) in [6.07, 6.45) is 2.58. The van der Waals surface area contributed by atoms with Crippen molar-refractivity contribution in [3.8, 4) is 0 Å². The minimum Gasteiger partial charge on any atom is -0.324 e. The molecule has 2 aromatic rings. The van der Waals surface area contributed by atoms with Gasteiger partial charge in [0.15, 0.2) is 0 Å². The first kappa shape index (κ1) is 13.3. The van der Waals surface area contributed by atoms with Crippen LogP contribution in [0.5, 0.6) is 0 Å². The molecule has 0 aliphatic carbocycles. The number of hydrogen-bond acceptors (Lipinski definition) is 3. The highest BCUT2D eigenvalue weighted by Gasteiger charge is 2.31. The van der Waals surface area contributed by atoms with Crippen molar-refractivity contribution in [3.05, 3.63) is 58.3 Å². The maximum absolute atomic E-state index is 12.0. The molecule has 5 heteroatoms. The van der Waals surface area contributed by atoms with Crippen molar-refractivity contribution < 1.29 is 4.79 Å². The summed E-state index contributed by atoms with van der Waals surface area (Å²) < 4.78 is 0.948. The lowest BCUT2D eigenvalue weighted by molar-refractivity contribution is -0.117. The van der Waals surface area contributed by atoms with Gasteiger partial charge in [-0.05, 0) is 24.3 Å². The number of nitrogens with one attached hydrogen (secondary N) is 2. The average Bonchev–Trinajstić information content (AvgIpc) is 2.78. The summed E-state index contributed by atoms with van der Waals surface area (Å²) in [4.78, 5) is 16.3. The number of carbonyl (C=O) groups is 1. The number of hydrogen-bond donors (Lipinski definition) is 2. The molecule has 1 amide bonds. The molecule has 4 nitrogen and oxygen atoms in total. The van der Waals surface area contributed by atoms with Gasteiger partial charge in [-0.25, -0.2) is 0 Å². The van der Waals surface area contributed by atoms with Crippen LogP contribution in [0.15, 0.2) is 47.1 Å². The van der Waals surface area contributed by atoms with Crippen molar-refractivity contribution in [2.24, 2.45) is 0 Å². The van der Waals surface area contributed by atoms with Gasteiger partial charge in [-0.1, -0.05) is 28.1 Å². The molecule has 1 aliphatic heterocycles. The molecule has 20 heavy (non-hydrogen) atoms. The SMILES string of the molecule is O=C1Nc2cccc(Br)c2C1NCCc1ccccn1. The third-order valence-electron chi connectivity index (χ3n) is 3.32. The zero-order valence-electron chi connectivity index (χ0n) is 10.8. The van der Waals surface area contributed by atoms with Gasteiger partial charge >= 0.3 is 0 Å². The van der Waals surface area contributed by atoms with Gasteiger partial charge in [-0.2, -0.15) is 0 Å². The van der Waals surface area contributed by atoms with Crippen LogP contribution in [-0.2, 0) is 11.2 Å². The van der Waals surface area contributed by atoms with Crippen LogP contribution < -0.4 is 10.6 Å². The van der Waals surface area contributed by atoms with Gasteiger partial charge in [-0.15, -0.1) is 0 Å². The predicted molar refractivity (Wildman–Crippen MR) is 81.5 cm³/mol. The predicted octanol–water partition coefficient (Wildman–Crippen LogP) is 2.67. The zero-order valence-corrected chi connectivity index (χ0v) is 12.4. The Morgan fingerprint density at radius 1 is 1.25 bits per heavy atom. The fraction of sp³-hybridized carbons (Fsp3) is 0.200. The van der Waals surface area contributed by atoms with E-state index in [2.05, 4.69) is 31.5 Å². The molecule has 0 radical (unpaired) electrons. The van der Waals surface area contributed by atoms with Gasteiger partial charge in [0.05, 0.1) is 0 Å². The van der Waals surface area contributed by atoms with Crippen molar-refractivity contribution in [3.63, 3.8) is 0 Å².